The molecule has 2 N–H and O–H groups in total. The third-order valence-corrected chi connectivity index (χ3v) is 5.07. The molecular weight excluding hydrogens is 372 g/mol. The van der Waals surface area contributed by atoms with Gasteiger partial charge in [0.25, 0.3) is 11.8 Å². The Morgan fingerprint density at radius 3 is 2.15 bits per heavy atom. The van der Waals surface area contributed by atoms with Crippen LogP contribution < -0.4 is 10.6 Å². The molecule has 2 aromatic rings. The van der Waals surface area contributed by atoms with Crippen molar-refractivity contribution in [2.24, 2.45) is 0 Å². The first kappa shape index (κ1) is 18.4. The van der Waals surface area contributed by atoms with Crippen LogP contribution in [0.5, 0.6) is 0 Å². The van der Waals surface area contributed by atoms with Crippen LogP contribution in [0.25, 0.3) is 0 Å². The minimum Gasteiger partial charge on any atom is -0.496 e. The summed E-state index contributed by atoms with van der Waals surface area (Å²) in [5.41, 5.74) is 1.77. The van der Waals surface area contributed by atoms with Gasteiger partial charge in [-0.25, -0.2) is 0 Å². The van der Waals surface area contributed by atoms with Gasteiger partial charge < -0.3 is 15.4 Å². The number of anilines is 2. The summed E-state index contributed by atoms with van der Waals surface area (Å²) in [6.07, 6.45) is 0. The van der Waals surface area contributed by atoms with Gasteiger partial charge >= 0.3 is 0 Å². The molecule has 0 atom stereocenters. The van der Waals surface area contributed by atoms with E-state index in [0.29, 0.717) is 39.2 Å². The average Bonchev–Trinajstić information content (AvgIpc) is 2.64. The molecule has 3 rings (SSSR count). The number of allylic oxidation sites excluding steroid dienone is 1. The molecule has 0 radical (unpaired) electrons. The van der Waals surface area contributed by atoms with Gasteiger partial charge in [-0.05, 0) is 55.5 Å². The standard InChI is InChI=1S/C19H17ClN2O3S/c1-12-17(26-11-10-25-12)19(24)22-15-6-2-13(3-7-15)18(23)21-16-8-4-14(20)5-9-16/h2-9H,10-11H2,1H3,(H,21,23)(H,22,24). The van der Waals surface area contributed by atoms with Crippen molar-refractivity contribution in [3.8, 4) is 0 Å². The highest BCUT2D eigenvalue weighted by Gasteiger charge is 2.19. The van der Waals surface area contributed by atoms with Crippen molar-refractivity contribution in [1.29, 1.82) is 0 Å². The van der Waals surface area contributed by atoms with Crippen LogP contribution in [0.3, 0.4) is 0 Å². The second-order valence-electron chi connectivity index (χ2n) is 5.57. The van der Waals surface area contributed by atoms with E-state index in [-0.39, 0.29) is 11.8 Å². The molecule has 0 saturated carbocycles. The second kappa shape index (κ2) is 8.29. The van der Waals surface area contributed by atoms with Crippen molar-refractivity contribution < 1.29 is 14.3 Å². The molecule has 1 aliphatic rings. The van der Waals surface area contributed by atoms with Crippen molar-refractivity contribution >= 4 is 46.6 Å². The summed E-state index contributed by atoms with van der Waals surface area (Å²) < 4.78 is 5.40. The lowest BCUT2D eigenvalue weighted by molar-refractivity contribution is -0.112. The van der Waals surface area contributed by atoms with E-state index in [1.54, 1.807) is 55.5 Å². The smallest absolute Gasteiger partial charge is 0.265 e. The fourth-order valence-electron chi connectivity index (χ4n) is 2.36. The minimum absolute atomic E-state index is 0.203. The summed E-state index contributed by atoms with van der Waals surface area (Å²) >= 11 is 7.31. The second-order valence-corrected chi connectivity index (χ2v) is 7.12. The maximum atomic E-state index is 12.3. The van der Waals surface area contributed by atoms with Gasteiger partial charge in [-0.15, -0.1) is 11.8 Å². The number of amides is 2. The third kappa shape index (κ3) is 4.59. The van der Waals surface area contributed by atoms with Crippen molar-refractivity contribution in [2.45, 2.75) is 6.92 Å². The summed E-state index contributed by atoms with van der Waals surface area (Å²) in [6, 6.07) is 13.6. The summed E-state index contributed by atoms with van der Waals surface area (Å²) in [4.78, 5) is 25.2. The fourth-order valence-corrected chi connectivity index (χ4v) is 3.30. The number of rotatable bonds is 4. The van der Waals surface area contributed by atoms with Crippen LogP contribution >= 0.6 is 23.4 Å². The Morgan fingerprint density at radius 2 is 1.54 bits per heavy atom. The molecule has 0 spiro atoms. The van der Waals surface area contributed by atoms with Gasteiger partial charge in [0, 0.05) is 27.7 Å². The van der Waals surface area contributed by atoms with E-state index in [1.807, 2.05) is 0 Å². The Labute approximate surface area is 160 Å². The first-order chi connectivity index (χ1) is 12.5. The third-order valence-electron chi connectivity index (χ3n) is 3.68. The van der Waals surface area contributed by atoms with Gasteiger partial charge in [0.05, 0.1) is 6.61 Å². The van der Waals surface area contributed by atoms with E-state index in [9.17, 15) is 9.59 Å². The number of carbonyl (C=O) groups excluding carboxylic acids is 2. The van der Waals surface area contributed by atoms with Crippen molar-refractivity contribution in [3.63, 3.8) is 0 Å². The highest BCUT2D eigenvalue weighted by molar-refractivity contribution is 8.04. The number of halogens is 1. The lowest BCUT2D eigenvalue weighted by Crippen LogP contribution is -2.18. The summed E-state index contributed by atoms with van der Waals surface area (Å²) in [6.45, 7) is 2.40. The van der Waals surface area contributed by atoms with Gasteiger partial charge in [-0.1, -0.05) is 11.6 Å². The Morgan fingerprint density at radius 1 is 0.962 bits per heavy atom. The molecule has 0 fully saturated rings. The molecule has 0 bridgehead atoms. The first-order valence-electron chi connectivity index (χ1n) is 7.98. The molecule has 2 amide bonds. The van der Waals surface area contributed by atoms with Gasteiger partial charge in [-0.2, -0.15) is 0 Å². The molecule has 0 aromatic heterocycles. The predicted octanol–water partition coefficient (Wildman–Crippen LogP) is 4.53. The molecule has 5 nitrogen and oxygen atoms in total. The molecule has 1 heterocycles. The highest BCUT2D eigenvalue weighted by atomic mass is 35.5. The molecule has 1 aliphatic heterocycles. The van der Waals surface area contributed by atoms with Gasteiger partial charge in [-0.3, -0.25) is 9.59 Å². The van der Waals surface area contributed by atoms with Gasteiger partial charge in [0.1, 0.15) is 10.7 Å². The SMILES string of the molecule is CC1=C(C(=O)Nc2ccc(C(=O)Nc3ccc(Cl)cc3)cc2)SCCO1. The molecule has 2 aromatic carbocycles. The van der Waals surface area contributed by atoms with Crippen molar-refractivity contribution in [2.75, 3.05) is 23.0 Å². The number of nitrogens with one attached hydrogen (secondary N) is 2. The fraction of sp³-hybridized carbons (Fsp3) is 0.158. The molecule has 7 heteroatoms. The van der Waals surface area contributed by atoms with E-state index in [4.69, 9.17) is 16.3 Å². The summed E-state index contributed by atoms with van der Waals surface area (Å²) in [5.74, 6) is 0.951. The normalized spacial score (nSPS) is 13.8. The number of thioether (sulfide) groups is 1. The molecule has 26 heavy (non-hydrogen) atoms. The van der Waals surface area contributed by atoms with Crippen LogP contribution in [0, 0.1) is 0 Å². The van der Waals surface area contributed by atoms with Crippen molar-refractivity contribution in [1.82, 2.24) is 0 Å². The monoisotopic (exact) mass is 388 g/mol. The van der Waals surface area contributed by atoms with E-state index in [1.165, 1.54) is 11.8 Å². The number of hydrogen-bond acceptors (Lipinski definition) is 4. The van der Waals surface area contributed by atoms with Gasteiger partial charge in [0.2, 0.25) is 0 Å². The Hall–Kier alpha value is -2.44. The van der Waals surface area contributed by atoms with Crippen LogP contribution in [-0.4, -0.2) is 24.2 Å². The average molecular weight is 389 g/mol. The Kier molecular flexibility index (Phi) is 5.85. The zero-order valence-corrected chi connectivity index (χ0v) is 15.6. The highest BCUT2D eigenvalue weighted by Crippen LogP contribution is 2.26. The lowest BCUT2D eigenvalue weighted by Gasteiger charge is -2.17. The lowest BCUT2D eigenvalue weighted by atomic mass is 10.2. The largest absolute Gasteiger partial charge is 0.496 e. The molecule has 0 aliphatic carbocycles. The zero-order valence-electron chi connectivity index (χ0n) is 14.0. The van der Waals surface area contributed by atoms with E-state index >= 15 is 0 Å². The van der Waals surface area contributed by atoms with Gasteiger partial charge in [0.15, 0.2) is 0 Å². The van der Waals surface area contributed by atoms with Crippen LogP contribution in [0.2, 0.25) is 5.02 Å². The van der Waals surface area contributed by atoms with Crippen LogP contribution in [0.1, 0.15) is 17.3 Å². The molecule has 0 unspecified atom stereocenters. The summed E-state index contributed by atoms with van der Waals surface area (Å²) in [7, 11) is 0. The van der Waals surface area contributed by atoms with Crippen LogP contribution in [0.15, 0.2) is 59.2 Å². The molecular formula is C19H17ClN2O3S. The van der Waals surface area contributed by atoms with Crippen LogP contribution in [0.4, 0.5) is 11.4 Å². The topological polar surface area (TPSA) is 67.4 Å². The first-order valence-corrected chi connectivity index (χ1v) is 9.34. The quantitative estimate of drug-likeness (QED) is 0.807. The summed E-state index contributed by atoms with van der Waals surface area (Å²) in [5, 5.41) is 6.22. The van der Waals surface area contributed by atoms with E-state index < -0.39 is 0 Å². The Balaban J connectivity index is 1.63. The maximum Gasteiger partial charge on any atom is 0.265 e. The Bertz CT molecular complexity index is 848. The van der Waals surface area contributed by atoms with Crippen molar-refractivity contribution in [3.05, 3.63) is 69.8 Å². The number of hydrogen-bond donors (Lipinski definition) is 2. The molecule has 0 saturated heterocycles. The number of ether oxygens (including phenoxy) is 1. The van der Waals surface area contributed by atoms with Crippen LogP contribution in [-0.2, 0) is 9.53 Å². The zero-order chi connectivity index (χ0) is 18.5. The maximum absolute atomic E-state index is 12.3. The van der Waals surface area contributed by atoms with E-state index in [2.05, 4.69) is 10.6 Å². The molecule has 134 valence electrons. The number of carbonyl (C=O) groups is 2. The predicted molar refractivity (Wildman–Crippen MR) is 106 cm³/mol. The minimum atomic E-state index is -0.236. The number of benzene rings is 2. The van der Waals surface area contributed by atoms with E-state index in [0.717, 1.165) is 5.75 Å².